The zero-order chi connectivity index (χ0) is 15.4. The summed E-state index contributed by atoms with van der Waals surface area (Å²) in [5.74, 6) is -0.170. The molecule has 116 valence electrons. The number of hydrogen-bond acceptors (Lipinski definition) is 3. The number of piperazine rings is 1. The topological polar surface area (TPSA) is 6.48 Å². The summed E-state index contributed by atoms with van der Waals surface area (Å²) in [6, 6.07) is 15.6. The second-order valence-corrected chi connectivity index (χ2v) is 6.47. The van der Waals surface area contributed by atoms with Crippen molar-refractivity contribution in [1.29, 1.82) is 0 Å². The quantitative estimate of drug-likeness (QED) is 0.791. The van der Waals surface area contributed by atoms with Crippen LogP contribution in [0.2, 0.25) is 0 Å². The van der Waals surface area contributed by atoms with Crippen LogP contribution < -0.4 is 4.90 Å². The molecule has 0 N–H and O–H groups in total. The summed E-state index contributed by atoms with van der Waals surface area (Å²) in [6.07, 6.45) is 2.10. The van der Waals surface area contributed by atoms with E-state index in [9.17, 15) is 4.39 Å². The van der Waals surface area contributed by atoms with Crippen LogP contribution in [0.5, 0.6) is 0 Å². The highest BCUT2D eigenvalue weighted by molar-refractivity contribution is 7.98. The third-order valence-corrected chi connectivity index (χ3v) is 4.87. The van der Waals surface area contributed by atoms with E-state index in [1.54, 1.807) is 11.8 Å². The molecule has 3 rings (SSSR count). The van der Waals surface area contributed by atoms with Gasteiger partial charge in [0.1, 0.15) is 5.82 Å². The second kappa shape index (κ2) is 7.16. The van der Waals surface area contributed by atoms with Crippen LogP contribution in [-0.2, 0) is 6.54 Å². The Balaban J connectivity index is 1.53. The van der Waals surface area contributed by atoms with Crippen molar-refractivity contribution in [3.8, 4) is 0 Å². The molecule has 1 fully saturated rings. The van der Waals surface area contributed by atoms with Crippen molar-refractivity contribution in [3.05, 3.63) is 59.9 Å². The van der Waals surface area contributed by atoms with E-state index in [1.807, 2.05) is 12.1 Å². The Hall–Kier alpha value is -1.52. The maximum Gasteiger partial charge on any atom is 0.123 e. The molecule has 0 unspecified atom stereocenters. The van der Waals surface area contributed by atoms with Gasteiger partial charge in [-0.15, -0.1) is 11.8 Å². The molecule has 1 heterocycles. The van der Waals surface area contributed by atoms with E-state index >= 15 is 0 Å². The van der Waals surface area contributed by atoms with Crippen LogP contribution >= 0.6 is 11.8 Å². The lowest BCUT2D eigenvalue weighted by molar-refractivity contribution is 0.250. The predicted molar refractivity (Wildman–Crippen MR) is 92.1 cm³/mol. The zero-order valence-corrected chi connectivity index (χ0v) is 13.7. The van der Waals surface area contributed by atoms with Gasteiger partial charge in [-0.25, -0.2) is 4.39 Å². The lowest BCUT2D eigenvalue weighted by Gasteiger charge is -2.36. The van der Waals surface area contributed by atoms with Gasteiger partial charge in [-0.05, 0) is 48.2 Å². The van der Waals surface area contributed by atoms with Crippen molar-refractivity contribution in [2.45, 2.75) is 11.4 Å². The summed E-state index contributed by atoms with van der Waals surface area (Å²) in [4.78, 5) is 6.12. The Kier molecular flexibility index (Phi) is 5.01. The third-order valence-electron chi connectivity index (χ3n) is 4.13. The van der Waals surface area contributed by atoms with Crippen LogP contribution in [0.4, 0.5) is 10.1 Å². The molecule has 0 radical (unpaired) electrons. The molecule has 1 aliphatic rings. The average molecular weight is 316 g/mol. The Morgan fingerprint density at radius 1 is 0.909 bits per heavy atom. The molecule has 2 aromatic carbocycles. The molecule has 4 heteroatoms. The van der Waals surface area contributed by atoms with E-state index in [-0.39, 0.29) is 5.82 Å². The maximum atomic E-state index is 13.0. The molecule has 0 spiro atoms. The Morgan fingerprint density at radius 3 is 2.14 bits per heavy atom. The molecule has 1 aliphatic heterocycles. The summed E-state index contributed by atoms with van der Waals surface area (Å²) in [5.41, 5.74) is 2.48. The van der Waals surface area contributed by atoms with Crippen molar-refractivity contribution in [3.63, 3.8) is 0 Å². The largest absolute Gasteiger partial charge is 0.369 e. The Bertz CT molecular complexity index is 589. The van der Waals surface area contributed by atoms with Crippen LogP contribution in [-0.4, -0.2) is 37.3 Å². The van der Waals surface area contributed by atoms with Crippen molar-refractivity contribution in [2.75, 3.05) is 37.3 Å². The predicted octanol–water partition coefficient (Wildman–Crippen LogP) is 3.87. The Labute approximate surface area is 135 Å². The molecule has 2 nitrogen and oxygen atoms in total. The molecule has 0 aromatic heterocycles. The molecule has 22 heavy (non-hydrogen) atoms. The van der Waals surface area contributed by atoms with Crippen molar-refractivity contribution in [2.24, 2.45) is 0 Å². The fourth-order valence-electron chi connectivity index (χ4n) is 2.81. The van der Waals surface area contributed by atoms with E-state index in [1.165, 1.54) is 22.6 Å². The molecule has 0 atom stereocenters. The molecule has 0 aliphatic carbocycles. The first kappa shape index (κ1) is 15.4. The summed E-state index contributed by atoms with van der Waals surface area (Å²) >= 11 is 1.78. The zero-order valence-electron chi connectivity index (χ0n) is 12.8. The first-order valence-corrected chi connectivity index (χ1v) is 8.83. The molecule has 0 bridgehead atoms. The first-order chi connectivity index (χ1) is 10.7. The Morgan fingerprint density at radius 2 is 1.55 bits per heavy atom. The van der Waals surface area contributed by atoms with Crippen molar-refractivity contribution >= 4 is 17.4 Å². The van der Waals surface area contributed by atoms with Crippen molar-refractivity contribution < 1.29 is 4.39 Å². The van der Waals surface area contributed by atoms with Gasteiger partial charge in [-0.3, -0.25) is 4.90 Å². The van der Waals surface area contributed by atoms with Gasteiger partial charge in [0.25, 0.3) is 0 Å². The molecule has 1 saturated heterocycles. The van der Waals surface area contributed by atoms with Gasteiger partial charge in [0.05, 0.1) is 0 Å². The smallest absolute Gasteiger partial charge is 0.123 e. The standard InChI is InChI=1S/C18H21FN2S/c1-22-18-8-2-15(3-9-18)14-20-10-12-21(13-11-20)17-6-4-16(19)5-7-17/h2-9H,10-14H2,1H3. The monoisotopic (exact) mass is 316 g/mol. The first-order valence-electron chi connectivity index (χ1n) is 7.60. The lowest BCUT2D eigenvalue weighted by Crippen LogP contribution is -2.45. The van der Waals surface area contributed by atoms with Gasteiger partial charge in [-0.2, -0.15) is 0 Å². The molecular weight excluding hydrogens is 295 g/mol. The average Bonchev–Trinajstić information content (AvgIpc) is 2.57. The van der Waals surface area contributed by atoms with Crippen LogP contribution in [0.15, 0.2) is 53.4 Å². The number of anilines is 1. The van der Waals surface area contributed by atoms with E-state index in [4.69, 9.17) is 0 Å². The summed E-state index contributed by atoms with van der Waals surface area (Å²) in [5, 5.41) is 0. The maximum absolute atomic E-state index is 13.0. The van der Waals surface area contributed by atoms with Crippen LogP contribution in [0, 0.1) is 5.82 Å². The minimum Gasteiger partial charge on any atom is -0.369 e. The minimum atomic E-state index is -0.170. The number of thioether (sulfide) groups is 1. The number of rotatable bonds is 4. The molecule has 0 amide bonds. The van der Waals surface area contributed by atoms with E-state index < -0.39 is 0 Å². The summed E-state index contributed by atoms with van der Waals surface area (Å²) in [6.45, 7) is 5.08. The number of nitrogens with zero attached hydrogens (tertiary/aromatic N) is 2. The number of halogens is 1. The second-order valence-electron chi connectivity index (χ2n) is 5.59. The molecule has 2 aromatic rings. The fraction of sp³-hybridized carbons (Fsp3) is 0.333. The highest BCUT2D eigenvalue weighted by atomic mass is 32.2. The SMILES string of the molecule is CSc1ccc(CN2CCN(c3ccc(F)cc3)CC2)cc1. The van der Waals surface area contributed by atoms with Gasteiger partial charge in [-0.1, -0.05) is 12.1 Å². The van der Waals surface area contributed by atoms with Crippen LogP contribution in [0.25, 0.3) is 0 Å². The minimum absolute atomic E-state index is 0.170. The summed E-state index contributed by atoms with van der Waals surface area (Å²) < 4.78 is 13.0. The van der Waals surface area contributed by atoms with Gasteiger partial charge in [0, 0.05) is 43.3 Å². The lowest BCUT2D eigenvalue weighted by atomic mass is 10.2. The number of hydrogen-bond donors (Lipinski definition) is 0. The van der Waals surface area contributed by atoms with Crippen LogP contribution in [0.3, 0.4) is 0 Å². The van der Waals surface area contributed by atoms with E-state index in [2.05, 4.69) is 40.3 Å². The van der Waals surface area contributed by atoms with Gasteiger partial charge >= 0.3 is 0 Å². The highest BCUT2D eigenvalue weighted by Gasteiger charge is 2.17. The van der Waals surface area contributed by atoms with Crippen LogP contribution in [0.1, 0.15) is 5.56 Å². The number of benzene rings is 2. The molecular formula is C18H21FN2S. The van der Waals surface area contributed by atoms with Gasteiger partial charge < -0.3 is 4.90 Å². The van der Waals surface area contributed by atoms with E-state index in [0.29, 0.717) is 0 Å². The third kappa shape index (κ3) is 3.81. The fourth-order valence-corrected chi connectivity index (χ4v) is 3.21. The van der Waals surface area contributed by atoms with Gasteiger partial charge in [0.15, 0.2) is 0 Å². The van der Waals surface area contributed by atoms with E-state index in [0.717, 1.165) is 38.4 Å². The van der Waals surface area contributed by atoms with Crippen molar-refractivity contribution in [1.82, 2.24) is 4.90 Å². The highest BCUT2D eigenvalue weighted by Crippen LogP contribution is 2.19. The normalized spacial score (nSPS) is 16.0. The van der Waals surface area contributed by atoms with Gasteiger partial charge in [0.2, 0.25) is 0 Å². The summed E-state index contributed by atoms with van der Waals surface area (Å²) in [7, 11) is 0. The molecule has 0 saturated carbocycles.